The molecule has 0 aliphatic rings. The molecule has 0 aromatic heterocycles. The van der Waals surface area contributed by atoms with Gasteiger partial charge in [0.1, 0.15) is 0 Å². The molecule has 1 amide bonds. The fourth-order valence-electron chi connectivity index (χ4n) is 1.90. The predicted octanol–water partition coefficient (Wildman–Crippen LogP) is 1.22. The fraction of sp³-hybridized carbons (Fsp3) is 0.500. The molecule has 0 atom stereocenters. The van der Waals surface area contributed by atoms with Crippen LogP contribution in [0, 0.1) is 0 Å². The number of benzene rings is 1. The number of halogens is 1. The minimum atomic E-state index is -3.48. The van der Waals surface area contributed by atoms with Crippen molar-refractivity contribution >= 4 is 28.3 Å². The number of amides is 1. The van der Waals surface area contributed by atoms with Crippen molar-refractivity contribution in [1.82, 2.24) is 9.62 Å². The summed E-state index contributed by atoms with van der Waals surface area (Å²) in [5, 5.41) is 2.72. The SMILES string of the molecule is CCN(CC)S(=O)(=O)c1ccc(C(=O)NCCCN)cc1.Cl. The second-order valence-electron chi connectivity index (χ2n) is 4.51. The van der Waals surface area contributed by atoms with E-state index < -0.39 is 10.0 Å². The van der Waals surface area contributed by atoms with Gasteiger partial charge in [0.25, 0.3) is 5.91 Å². The summed E-state index contributed by atoms with van der Waals surface area (Å²) in [7, 11) is -3.48. The van der Waals surface area contributed by atoms with Crippen molar-refractivity contribution < 1.29 is 13.2 Å². The molecule has 0 aliphatic heterocycles. The number of nitrogens with one attached hydrogen (secondary N) is 1. The molecule has 0 saturated heterocycles. The van der Waals surface area contributed by atoms with Crippen LogP contribution in [0.15, 0.2) is 29.2 Å². The first-order valence-electron chi connectivity index (χ1n) is 7.05. The second-order valence-corrected chi connectivity index (χ2v) is 6.45. The lowest BCUT2D eigenvalue weighted by atomic mass is 10.2. The maximum Gasteiger partial charge on any atom is 0.251 e. The van der Waals surface area contributed by atoms with Crippen LogP contribution in [0.1, 0.15) is 30.6 Å². The van der Waals surface area contributed by atoms with E-state index in [0.717, 1.165) is 0 Å². The van der Waals surface area contributed by atoms with E-state index in [9.17, 15) is 13.2 Å². The maximum absolute atomic E-state index is 12.3. The molecule has 22 heavy (non-hydrogen) atoms. The van der Waals surface area contributed by atoms with Gasteiger partial charge in [-0.1, -0.05) is 13.8 Å². The monoisotopic (exact) mass is 349 g/mol. The van der Waals surface area contributed by atoms with E-state index in [4.69, 9.17) is 5.73 Å². The van der Waals surface area contributed by atoms with Crippen LogP contribution >= 0.6 is 12.4 Å². The molecule has 0 heterocycles. The second kappa shape index (κ2) is 9.78. The Morgan fingerprint density at radius 3 is 2.18 bits per heavy atom. The zero-order valence-corrected chi connectivity index (χ0v) is 14.5. The topological polar surface area (TPSA) is 92.5 Å². The van der Waals surface area contributed by atoms with Crippen LogP contribution in [0.2, 0.25) is 0 Å². The summed E-state index contributed by atoms with van der Waals surface area (Å²) in [6.07, 6.45) is 0.708. The van der Waals surface area contributed by atoms with Crippen molar-refractivity contribution in [2.75, 3.05) is 26.2 Å². The zero-order valence-electron chi connectivity index (χ0n) is 12.9. The van der Waals surface area contributed by atoms with Crippen molar-refractivity contribution in [3.63, 3.8) is 0 Å². The lowest BCUT2D eigenvalue weighted by molar-refractivity contribution is 0.0953. The van der Waals surface area contributed by atoms with Gasteiger partial charge in [0.15, 0.2) is 0 Å². The number of rotatable bonds is 8. The zero-order chi connectivity index (χ0) is 15.9. The van der Waals surface area contributed by atoms with Crippen molar-refractivity contribution in [2.45, 2.75) is 25.2 Å². The smallest absolute Gasteiger partial charge is 0.251 e. The Bertz CT molecular complexity index is 557. The Hall–Kier alpha value is -1.15. The van der Waals surface area contributed by atoms with Gasteiger partial charge in [-0.05, 0) is 37.2 Å². The normalized spacial score (nSPS) is 11.1. The van der Waals surface area contributed by atoms with Gasteiger partial charge in [0.2, 0.25) is 10.0 Å². The Labute approximate surface area is 138 Å². The van der Waals surface area contributed by atoms with Gasteiger partial charge in [0, 0.05) is 25.2 Å². The average Bonchev–Trinajstić information content (AvgIpc) is 2.48. The molecule has 6 nitrogen and oxygen atoms in total. The van der Waals surface area contributed by atoms with Crippen LogP contribution < -0.4 is 11.1 Å². The van der Waals surface area contributed by atoms with Crippen molar-refractivity contribution in [3.8, 4) is 0 Å². The van der Waals surface area contributed by atoms with Crippen molar-refractivity contribution in [3.05, 3.63) is 29.8 Å². The van der Waals surface area contributed by atoms with Gasteiger partial charge in [-0.25, -0.2) is 8.42 Å². The van der Waals surface area contributed by atoms with Crippen LogP contribution in [0.25, 0.3) is 0 Å². The van der Waals surface area contributed by atoms with E-state index in [1.807, 2.05) is 0 Å². The summed E-state index contributed by atoms with van der Waals surface area (Å²) in [6.45, 7) is 5.44. The summed E-state index contributed by atoms with van der Waals surface area (Å²) >= 11 is 0. The highest BCUT2D eigenvalue weighted by molar-refractivity contribution is 7.89. The van der Waals surface area contributed by atoms with Crippen LogP contribution in [0.3, 0.4) is 0 Å². The van der Waals surface area contributed by atoms with E-state index in [-0.39, 0.29) is 23.2 Å². The Balaban J connectivity index is 0.00000441. The minimum absolute atomic E-state index is 0. The number of nitrogens with two attached hydrogens (primary N) is 1. The van der Waals surface area contributed by atoms with Crippen LogP contribution in [0.5, 0.6) is 0 Å². The first-order valence-corrected chi connectivity index (χ1v) is 8.49. The molecule has 3 N–H and O–H groups in total. The summed E-state index contributed by atoms with van der Waals surface area (Å²) in [5.41, 5.74) is 5.79. The third-order valence-electron chi connectivity index (χ3n) is 3.13. The van der Waals surface area contributed by atoms with Gasteiger partial charge in [-0.15, -0.1) is 12.4 Å². The maximum atomic E-state index is 12.3. The average molecular weight is 350 g/mol. The Morgan fingerprint density at radius 1 is 1.18 bits per heavy atom. The molecule has 8 heteroatoms. The third kappa shape index (κ3) is 5.24. The molecular weight excluding hydrogens is 326 g/mol. The molecule has 0 radical (unpaired) electrons. The van der Waals surface area contributed by atoms with Crippen LogP contribution in [-0.2, 0) is 10.0 Å². The largest absolute Gasteiger partial charge is 0.352 e. The highest BCUT2D eigenvalue weighted by atomic mass is 35.5. The fourth-order valence-corrected chi connectivity index (χ4v) is 3.35. The van der Waals surface area contributed by atoms with E-state index in [0.29, 0.717) is 38.2 Å². The van der Waals surface area contributed by atoms with Gasteiger partial charge < -0.3 is 11.1 Å². The van der Waals surface area contributed by atoms with Crippen LogP contribution in [0.4, 0.5) is 0 Å². The molecule has 1 aromatic rings. The summed E-state index contributed by atoms with van der Waals surface area (Å²) in [5.74, 6) is -0.227. The van der Waals surface area contributed by atoms with Gasteiger partial charge in [0.05, 0.1) is 4.90 Å². The first-order chi connectivity index (χ1) is 9.97. The molecule has 0 fully saturated rings. The minimum Gasteiger partial charge on any atom is -0.352 e. The number of hydrogen-bond acceptors (Lipinski definition) is 4. The third-order valence-corrected chi connectivity index (χ3v) is 5.19. The highest BCUT2D eigenvalue weighted by Crippen LogP contribution is 2.16. The van der Waals surface area contributed by atoms with Gasteiger partial charge in [-0.2, -0.15) is 4.31 Å². The molecule has 0 saturated carbocycles. The van der Waals surface area contributed by atoms with E-state index in [1.54, 1.807) is 13.8 Å². The lowest BCUT2D eigenvalue weighted by Crippen LogP contribution is -2.30. The molecule has 1 rings (SSSR count). The molecule has 1 aromatic carbocycles. The molecule has 0 unspecified atom stereocenters. The molecular formula is C14H24ClN3O3S. The highest BCUT2D eigenvalue weighted by Gasteiger charge is 2.21. The molecule has 0 aliphatic carbocycles. The Morgan fingerprint density at radius 2 is 1.73 bits per heavy atom. The Kier molecular flexibility index (Phi) is 9.27. The number of hydrogen-bond donors (Lipinski definition) is 2. The van der Waals surface area contributed by atoms with Gasteiger partial charge >= 0.3 is 0 Å². The quantitative estimate of drug-likeness (QED) is 0.690. The predicted molar refractivity (Wildman–Crippen MR) is 89.8 cm³/mol. The molecule has 126 valence electrons. The number of carbonyl (C=O) groups excluding carboxylic acids is 1. The van der Waals surface area contributed by atoms with E-state index >= 15 is 0 Å². The number of nitrogens with zero attached hydrogens (tertiary/aromatic N) is 1. The summed E-state index contributed by atoms with van der Waals surface area (Å²) < 4.78 is 26.0. The standard InChI is InChI=1S/C14H23N3O3S.ClH/c1-3-17(4-2)21(19,20)13-8-6-12(7-9-13)14(18)16-11-5-10-15;/h6-9H,3-5,10-11,15H2,1-2H3,(H,16,18);1H. The number of sulfonamides is 1. The van der Waals surface area contributed by atoms with Crippen molar-refractivity contribution in [1.29, 1.82) is 0 Å². The molecule has 0 bridgehead atoms. The lowest BCUT2D eigenvalue weighted by Gasteiger charge is -2.18. The van der Waals surface area contributed by atoms with E-state index in [1.165, 1.54) is 28.6 Å². The molecule has 0 spiro atoms. The van der Waals surface area contributed by atoms with Gasteiger partial charge in [-0.3, -0.25) is 4.79 Å². The summed E-state index contributed by atoms with van der Waals surface area (Å²) in [6, 6.07) is 5.97. The summed E-state index contributed by atoms with van der Waals surface area (Å²) in [4.78, 5) is 12.0. The van der Waals surface area contributed by atoms with Crippen molar-refractivity contribution in [2.24, 2.45) is 5.73 Å². The number of carbonyl (C=O) groups is 1. The first kappa shape index (κ1) is 20.9. The van der Waals surface area contributed by atoms with E-state index in [2.05, 4.69) is 5.32 Å². The van der Waals surface area contributed by atoms with Crippen LogP contribution in [-0.4, -0.2) is 44.8 Å².